The molecule has 0 fully saturated rings. The van der Waals surface area contributed by atoms with Crippen LogP contribution in [0.15, 0.2) is 54.7 Å². The van der Waals surface area contributed by atoms with Gasteiger partial charge in [-0.15, -0.1) is 0 Å². The molecular formula is C14H10N. The summed E-state index contributed by atoms with van der Waals surface area (Å²) in [5, 5.41) is 1.25. The van der Waals surface area contributed by atoms with Crippen LogP contribution >= 0.6 is 0 Å². The lowest BCUT2D eigenvalue weighted by molar-refractivity contribution is 1.48. The Morgan fingerprint density at radius 2 is 2.00 bits per heavy atom. The first-order valence-corrected chi connectivity index (χ1v) is 4.97. The third-order valence-corrected chi connectivity index (χ3v) is 2.60. The van der Waals surface area contributed by atoms with E-state index < -0.39 is 0 Å². The summed E-state index contributed by atoms with van der Waals surface area (Å²) in [6.45, 7) is 0. The van der Waals surface area contributed by atoms with E-state index in [4.69, 9.17) is 0 Å². The molecule has 0 saturated heterocycles. The monoisotopic (exact) mass is 192 g/mol. The minimum absolute atomic E-state index is 1.18. The molecule has 0 aliphatic carbocycles. The predicted octanol–water partition coefficient (Wildman–Crippen LogP) is 3.64. The van der Waals surface area contributed by atoms with Gasteiger partial charge in [0.25, 0.3) is 0 Å². The van der Waals surface area contributed by atoms with Crippen LogP contribution in [0.25, 0.3) is 22.0 Å². The number of hydrogen-bond donors (Lipinski definition) is 1. The highest BCUT2D eigenvalue weighted by atomic mass is 14.7. The fourth-order valence-corrected chi connectivity index (χ4v) is 1.80. The van der Waals surface area contributed by atoms with E-state index in [0.29, 0.717) is 0 Å². The van der Waals surface area contributed by atoms with Crippen LogP contribution in [0.1, 0.15) is 0 Å². The Hall–Kier alpha value is -2.02. The van der Waals surface area contributed by atoms with Crippen LogP contribution in [-0.2, 0) is 0 Å². The van der Waals surface area contributed by atoms with Crippen LogP contribution in [0.5, 0.6) is 0 Å². The lowest BCUT2D eigenvalue weighted by Gasteiger charge is -2.00. The molecule has 2 aromatic carbocycles. The standard InChI is InChI=1S/C14H10N/c1-2-4-11(5-3-1)13-7-6-12-8-9-15-14(12)10-13/h1-2,4-10,15H. The number of benzene rings is 2. The van der Waals surface area contributed by atoms with Crippen molar-refractivity contribution in [2.24, 2.45) is 0 Å². The summed E-state index contributed by atoms with van der Waals surface area (Å²) < 4.78 is 0. The molecule has 0 saturated carbocycles. The van der Waals surface area contributed by atoms with Crippen molar-refractivity contribution in [3.05, 3.63) is 60.8 Å². The molecule has 1 nitrogen and oxygen atoms in total. The second-order valence-electron chi connectivity index (χ2n) is 3.57. The van der Waals surface area contributed by atoms with Gasteiger partial charge < -0.3 is 4.98 Å². The van der Waals surface area contributed by atoms with E-state index in [1.165, 1.54) is 22.0 Å². The van der Waals surface area contributed by atoms with E-state index in [0.717, 1.165) is 0 Å². The molecule has 3 rings (SSSR count). The zero-order valence-electron chi connectivity index (χ0n) is 8.20. The van der Waals surface area contributed by atoms with Crippen molar-refractivity contribution in [3.63, 3.8) is 0 Å². The van der Waals surface area contributed by atoms with Crippen molar-refractivity contribution in [2.45, 2.75) is 0 Å². The van der Waals surface area contributed by atoms with Gasteiger partial charge in [0.05, 0.1) is 0 Å². The number of H-pyrrole nitrogens is 1. The quantitative estimate of drug-likeness (QED) is 0.606. The van der Waals surface area contributed by atoms with Gasteiger partial charge in [-0.2, -0.15) is 0 Å². The lowest BCUT2D eigenvalue weighted by atomic mass is 10.0. The maximum atomic E-state index is 3.22. The number of hydrogen-bond acceptors (Lipinski definition) is 0. The summed E-state index contributed by atoms with van der Waals surface area (Å²) in [4.78, 5) is 3.22. The third kappa shape index (κ3) is 1.42. The zero-order valence-corrected chi connectivity index (χ0v) is 8.20. The first kappa shape index (κ1) is 8.30. The fraction of sp³-hybridized carbons (Fsp3) is 0. The average Bonchev–Trinajstić information content (AvgIpc) is 2.77. The highest BCUT2D eigenvalue weighted by molar-refractivity contribution is 5.84. The molecule has 15 heavy (non-hydrogen) atoms. The van der Waals surface area contributed by atoms with Gasteiger partial charge in [0.15, 0.2) is 0 Å². The Morgan fingerprint density at radius 3 is 2.87 bits per heavy atom. The molecule has 0 bridgehead atoms. The second-order valence-corrected chi connectivity index (χ2v) is 3.57. The fourth-order valence-electron chi connectivity index (χ4n) is 1.80. The number of aromatic nitrogens is 1. The van der Waals surface area contributed by atoms with Crippen molar-refractivity contribution >= 4 is 10.9 Å². The molecule has 3 aromatic rings. The van der Waals surface area contributed by atoms with Crippen LogP contribution in [0.4, 0.5) is 0 Å². The summed E-state index contributed by atoms with van der Waals surface area (Å²) in [6, 6.07) is 19.6. The van der Waals surface area contributed by atoms with E-state index in [2.05, 4.69) is 41.4 Å². The summed E-state index contributed by atoms with van der Waals surface area (Å²) in [6.07, 6.45) is 1.96. The Bertz CT molecular complexity index is 578. The molecule has 1 heteroatoms. The molecule has 0 aliphatic rings. The summed E-state index contributed by atoms with van der Waals surface area (Å²) in [5.74, 6) is 0. The Kier molecular flexibility index (Phi) is 1.82. The van der Waals surface area contributed by atoms with Crippen molar-refractivity contribution in [3.8, 4) is 11.1 Å². The summed E-state index contributed by atoms with van der Waals surface area (Å²) >= 11 is 0. The first-order valence-electron chi connectivity index (χ1n) is 4.97. The maximum Gasteiger partial charge on any atom is 0.0460 e. The zero-order chi connectivity index (χ0) is 10.1. The van der Waals surface area contributed by atoms with Crippen LogP contribution in [0, 0.1) is 6.07 Å². The maximum absolute atomic E-state index is 3.22. The van der Waals surface area contributed by atoms with Gasteiger partial charge >= 0.3 is 0 Å². The van der Waals surface area contributed by atoms with Crippen LogP contribution < -0.4 is 0 Å². The van der Waals surface area contributed by atoms with Crippen molar-refractivity contribution in [1.29, 1.82) is 0 Å². The normalized spacial score (nSPS) is 10.7. The largest absolute Gasteiger partial charge is 0.361 e. The lowest BCUT2D eigenvalue weighted by Crippen LogP contribution is -1.76. The molecule has 0 unspecified atom stereocenters. The van der Waals surface area contributed by atoms with Crippen molar-refractivity contribution < 1.29 is 0 Å². The number of aromatic amines is 1. The molecular weight excluding hydrogens is 182 g/mol. The highest BCUT2D eigenvalue weighted by Crippen LogP contribution is 2.23. The molecule has 0 atom stereocenters. The van der Waals surface area contributed by atoms with E-state index in [1.807, 2.05) is 24.4 Å². The number of nitrogens with one attached hydrogen (secondary N) is 1. The highest BCUT2D eigenvalue weighted by Gasteiger charge is 1.98. The molecule has 0 spiro atoms. The van der Waals surface area contributed by atoms with Gasteiger partial charge in [-0.05, 0) is 40.8 Å². The first-order chi connectivity index (χ1) is 7.43. The molecule has 0 amide bonds. The Morgan fingerprint density at radius 1 is 1.00 bits per heavy atom. The third-order valence-electron chi connectivity index (χ3n) is 2.60. The minimum atomic E-state index is 1.18. The second kappa shape index (κ2) is 3.28. The summed E-state index contributed by atoms with van der Waals surface area (Å²) in [7, 11) is 0. The average molecular weight is 192 g/mol. The molecule has 71 valence electrons. The van der Waals surface area contributed by atoms with Crippen LogP contribution in [0.3, 0.4) is 0 Å². The van der Waals surface area contributed by atoms with Gasteiger partial charge in [0, 0.05) is 11.7 Å². The van der Waals surface area contributed by atoms with Gasteiger partial charge in [-0.25, -0.2) is 0 Å². The number of fused-ring (bicyclic) bond motifs is 1. The number of rotatable bonds is 1. The smallest absolute Gasteiger partial charge is 0.0460 e. The van der Waals surface area contributed by atoms with Crippen LogP contribution in [-0.4, -0.2) is 4.98 Å². The molecule has 1 N–H and O–H groups in total. The van der Waals surface area contributed by atoms with E-state index in [9.17, 15) is 0 Å². The van der Waals surface area contributed by atoms with E-state index in [1.54, 1.807) is 0 Å². The van der Waals surface area contributed by atoms with Gasteiger partial charge in [0.1, 0.15) is 0 Å². The van der Waals surface area contributed by atoms with Gasteiger partial charge in [0.2, 0.25) is 0 Å². The molecule has 1 aromatic heterocycles. The molecule has 0 aliphatic heterocycles. The summed E-state index contributed by atoms with van der Waals surface area (Å²) in [5.41, 5.74) is 3.60. The van der Waals surface area contributed by atoms with E-state index >= 15 is 0 Å². The minimum Gasteiger partial charge on any atom is -0.361 e. The molecule has 1 radical (unpaired) electrons. The van der Waals surface area contributed by atoms with Gasteiger partial charge in [-0.1, -0.05) is 30.3 Å². The van der Waals surface area contributed by atoms with E-state index in [-0.39, 0.29) is 0 Å². The topological polar surface area (TPSA) is 15.8 Å². The van der Waals surface area contributed by atoms with Gasteiger partial charge in [-0.3, -0.25) is 0 Å². The van der Waals surface area contributed by atoms with Crippen molar-refractivity contribution in [2.75, 3.05) is 0 Å². The van der Waals surface area contributed by atoms with Crippen molar-refractivity contribution in [1.82, 2.24) is 4.98 Å². The Balaban J connectivity index is 2.19. The predicted molar refractivity (Wildman–Crippen MR) is 62.6 cm³/mol. The Labute approximate surface area is 88.4 Å². The molecule has 1 heterocycles. The van der Waals surface area contributed by atoms with Crippen LogP contribution in [0.2, 0.25) is 0 Å². The SMILES string of the molecule is [c]1cccc(-c2ccc3cc[nH]c3c2)c1.